The first-order valence-electron chi connectivity index (χ1n) is 10.5. The molecule has 3 heterocycles. The molecule has 4 rings (SSSR count). The fourth-order valence-corrected chi connectivity index (χ4v) is 5.08. The quantitative estimate of drug-likeness (QED) is 0.813. The minimum Gasteiger partial charge on any atom is -0.345 e. The van der Waals surface area contributed by atoms with Gasteiger partial charge < -0.3 is 15.1 Å². The first kappa shape index (κ1) is 22.0. The van der Waals surface area contributed by atoms with Crippen molar-refractivity contribution in [1.29, 1.82) is 0 Å². The lowest BCUT2D eigenvalue weighted by Crippen LogP contribution is -2.51. The number of piperidine rings is 2. The molecule has 1 N–H and O–H groups in total. The van der Waals surface area contributed by atoms with Crippen LogP contribution in [0.25, 0.3) is 0 Å². The van der Waals surface area contributed by atoms with E-state index in [0.29, 0.717) is 25.4 Å². The number of nitrogens with one attached hydrogen (secondary N) is 1. The highest BCUT2D eigenvalue weighted by Crippen LogP contribution is 2.40. The van der Waals surface area contributed by atoms with Gasteiger partial charge in [0.15, 0.2) is 0 Å². The third kappa shape index (κ3) is 4.75. The standard InChI is InChI=1S/C22H30FN3O2.ClH/c1-25-15-22(6-4-20(25)27)7-10-26(11-8-22)21(28)18-13-16(2-3-19(18)23)12-17-5-9-24-14-17;/h2-3,13,17,24H,4-12,14-15H2,1H3;1H. The van der Waals surface area contributed by atoms with Crippen LogP contribution in [0.5, 0.6) is 0 Å². The van der Waals surface area contributed by atoms with Crippen LogP contribution in [0.15, 0.2) is 18.2 Å². The predicted molar refractivity (Wildman–Crippen MR) is 113 cm³/mol. The Balaban J connectivity index is 0.00000240. The average Bonchev–Trinajstić information content (AvgIpc) is 3.20. The van der Waals surface area contributed by atoms with Crippen LogP contribution in [0.3, 0.4) is 0 Å². The van der Waals surface area contributed by atoms with Crippen molar-refractivity contribution in [3.63, 3.8) is 0 Å². The summed E-state index contributed by atoms with van der Waals surface area (Å²) in [6.07, 6.45) is 5.27. The third-order valence-electron chi connectivity index (χ3n) is 6.93. The van der Waals surface area contributed by atoms with Gasteiger partial charge in [-0.05, 0) is 74.2 Å². The summed E-state index contributed by atoms with van der Waals surface area (Å²) in [6.45, 7) is 4.07. The number of carbonyl (C=O) groups excluding carboxylic acids is 2. The number of nitrogens with zero attached hydrogens (tertiary/aromatic N) is 2. The van der Waals surface area contributed by atoms with Gasteiger partial charge in [0.25, 0.3) is 5.91 Å². The van der Waals surface area contributed by atoms with Gasteiger partial charge in [0.05, 0.1) is 5.56 Å². The highest BCUT2D eigenvalue weighted by Gasteiger charge is 2.41. The van der Waals surface area contributed by atoms with Crippen LogP contribution in [-0.4, -0.2) is 61.4 Å². The molecule has 1 spiro atoms. The Bertz CT molecular complexity index is 758. The lowest BCUT2D eigenvalue weighted by Gasteiger charge is -2.46. The minimum atomic E-state index is -0.429. The molecule has 3 aliphatic rings. The van der Waals surface area contributed by atoms with Crippen molar-refractivity contribution in [2.24, 2.45) is 11.3 Å². The molecular formula is C22H31ClFN3O2. The maximum absolute atomic E-state index is 14.4. The summed E-state index contributed by atoms with van der Waals surface area (Å²) < 4.78 is 14.4. The lowest BCUT2D eigenvalue weighted by atomic mass is 9.72. The molecule has 7 heteroatoms. The van der Waals surface area contributed by atoms with E-state index in [1.807, 2.05) is 18.0 Å². The topological polar surface area (TPSA) is 52.7 Å². The van der Waals surface area contributed by atoms with E-state index < -0.39 is 5.82 Å². The summed E-state index contributed by atoms with van der Waals surface area (Å²) in [5, 5.41) is 3.35. The van der Waals surface area contributed by atoms with E-state index in [2.05, 4.69) is 5.32 Å². The summed E-state index contributed by atoms with van der Waals surface area (Å²) in [4.78, 5) is 28.4. The SMILES string of the molecule is CN1CC2(CCC1=O)CCN(C(=O)c1cc(CC3CCNC3)ccc1F)CC2.Cl. The number of carbonyl (C=O) groups is 2. The first-order chi connectivity index (χ1) is 13.5. The number of rotatable bonds is 3. The zero-order valence-electron chi connectivity index (χ0n) is 17.1. The second-order valence-corrected chi connectivity index (χ2v) is 8.92. The van der Waals surface area contributed by atoms with Crippen molar-refractivity contribution in [2.45, 2.75) is 38.5 Å². The van der Waals surface area contributed by atoms with Crippen molar-refractivity contribution < 1.29 is 14.0 Å². The minimum absolute atomic E-state index is 0. The molecule has 5 nitrogen and oxygen atoms in total. The van der Waals surface area contributed by atoms with Crippen LogP contribution in [0.4, 0.5) is 4.39 Å². The van der Waals surface area contributed by atoms with E-state index >= 15 is 0 Å². The molecule has 3 saturated heterocycles. The largest absolute Gasteiger partial charge is 0.345 e. The van der Waals surface area contributed by atoms with Gasteiger partial charge in [-0.1, -0.05) is 6.07 Å². The maximum Gasteiger partial charge on any atom is 0.256 e. The highest BCUT2D eigenvalue weighted by atomic mass is 35.5. The summed E-state index contributed by atoms with van der Waals surface area (Å²) in [5.74, 6) is 0.148. The number of hydrogen-bond donors (Lipinski definition) is 1. The molecule has 2 amide bonds. The van der Waals surface area contributed by atoms with Gasteiger partial charge in [0.2, 0.25) is 5.91 Å². The van der Waals surface area contributed by atoms with Crippen LogP contribution >= 0.6 is 12.4 Å². The van der Waals surface area contributed by atoms with Gasteiger partial charge in [-0.15, -0.1) is 12.4 Å². The molecule has 0 saturated carbocycles. The zero-order chi connectivity index (χ0) is 19.7. The molecule has 0 aromatic heterocycles. The van der Waals surface area contributed by atoms with Crippen LogP contribution in [0.1, 0.15) is 48.0 Å². The number of amides is 2. The summed E-state index contributed by atoms with van der Waals surface area (Å²) in [5.41, 5.74) is 1.37. The van der Waals surface area contributed by atoms with E-state index in [1.54, 1.807) is 11.0 Å². The summed E-state index contributed by atoms with van der Waals surface area (Å²) >= 11 is 0. The molecule has 0 radical (unpaired) electrons. The molecule has 0 bridgehead atoms. The molecule has 1 atom stereocenters. The normalized spacial score (nSPS) is 23.9. The molecule has 1 unspecified atom stereocenters. The fraction of sp³-hybridized carbons (Fsp3) is 0.636. The van der Waals surface area contributed by atoms with Gasteiger partial charge in [-0.2, -0.15) is 0 Å². The maximum atomic E-state index is 14.4. The van der Waals surface area contributed by atoms with Gasteiger partial charge in [-0.25, -0.2) is 4.39 Å². The molecule has 3 fully saturated rings. The highest BCUT2D eigenvalue weighted by molar-refractivity contribution is 5.94. The van der Waals surface area contributed by atoms with Crippen LogP contribution < -0.4 is 5.32 Å². The first-order valence-corrected chi connectivity index (χ1v) is 10.5. The second kappa shape index (κ2) is 9.00. The van der Waals surface area contributed by atoms with E-state index in [-0.39, 0.29) is 35.2 Å². The molecule has 29 heavy (non-hydrogen) atoms. The summed E-state index contributed by atoms with van der Waals surface area (Å²) in [6, 6.07) is 5.01. The number of hydrogen-bond acceptors (Lipinski definition) is 3. The Kier molecular flexibility index (Phi) is 6.84. The fourth-order valence-electron chi connectivity index (χ4n) is 5.08. The molecule has 1 aromatic carbocycles. The van der Waals surface area contributed by atoms with Crippen molar-refractivity contribution >= 4 is 24.2 Å². The van der Waals surface area contributed by atoms with Crippen LogP contribution in [-0.2, 0) is 11.2 Å². The zero-order valence-corrected chi connectivity index (χ0v) is 17.9. The van der Waals surface area contributed by atoms with Crippen molar-refractivity contribution in [1.82, 2.24) is 15.1 Å². The third-order valence-corrected chi connectivity index (χ3v) is 6.93. The van der Waals surface area contributed by atoms with Crippen molar-refractivity contribution in [3.8, 4) is 0 Å². The molecule has 1 aromatic rings. The van der Waals surface area contributed by atoms with Gasteiger partial charge in [-0.3, -0.25) is 9.59 Å². The number of benzene rings is 1. The van der Waals surface area contributed by atoms with Gasteiger partial charge in [0, 0.05) is 33.1 Å². The Morgan fingerprint density at radius 1 is 1.28 bits per heavy atom. The molecule has 3 aliphatic heterocycles. The molecule has 0 aliphatic carbocycles. The van der Waals surface area contributed by atoms with E-state index in [9.17, 15) is 14.0 Å². The Morgan fingerprint density at radius 3 is 2.69 bits per heavy atom. The second-order valence-electron chi connectivity index (χ2n) is 8.92. The number of likely N-dealkylation sites (tertiary alicyclic amines) is 2. The predicted octanol–water partition coefficient (Wildman–Crippen LogP) is 2.87. The van der Waals surface area contributed by atoms with E-state index in [1.165, 1.54) is 6.07 Å². The smallest absolute Gasteiger partial charge is 0.256 e. The Morgan fingerprint density at radius 2 is 2.03 bits per heavy atom. The van der Waals surface area contributed by atoms with E-state index in [0.717, 1.165) is 57.3 Å². The molecule has 160 valence electrons. The van der Waals surface area contributed by atoms with Crippen molar-refractivity contribution in [2.75, 3.05) is 39.8 Å². The van der Waals surface area contributed by atoms with Gasteiger partial charge in [0.1, 0.15) is 5.82 Å². The molecular weight excluding hydrogens is 393 g/mol. The van der Waals surface area contributed by atoms with E-state index in [4.69, 9.17) is 0 Å². The lowest BCUT2D eigenvalue weighted by molar-refractivity contribution is -0.137. The average molecular weight is 424 g/mol. The Hall–Kier alpha value is -1.66. The van der Waals surface area contributed by atoms with Crippen LogP contribution in [0.2, 0.25) is 0 Å². The summed E-state index contributed by atoms with van der Waals surface area (Å²) in [7, 11) is 1.86. The van der Waals surface area contributed by atoms with Crippen LogP contribution in [0, 0.1) is 17.2 Å². The monoisotopic (exact) mass is 423 g/mol. The van der Waals surface area contributed by atoms with Crippen molar-refractivity contribution in [3.05, 3.63) is 35.1 Å². The van der Waals surface area contributed by atoms with Gasteiger partial charge >= 0.3 is 0 Å². The Labute approximate surface area is 178 Å². The number of halogens is 2.